The van der Waals surface area contributed by atoms with Gasteiger partial charge >= 0.3 is 0 Å². The summed E-state index contributed by atoms with van der Waals surface area (Å²) in [5.41, 5.74) is 7.47. The van der Waals surface area contributed by atoms with Crippen molar-refractivity contribution < 1.29 is 5.11 Å². The molecule has 1 heterocycles. The van der Waals surface area contributed by atoms with Crippen LogP contribution in [0.5, 0.6) is 0 Å². The van der Waals surface area contributed by atoms with Crippen LogP contribution in [0.15, 0.2) is 17.0 Å². The molecule has 1 aromatic rings. The first kappa shape index (κ1) is 10.3. The van der Waals surface area contributed by atoms with Crippen LogP contribution in [0.25, 0.3) is 0 Å². The quantitative estimate of drug-likeness (QED) is 0.815. The fourth-order valence-electron chi connectivity index (χ4n) is 1.61. The van der Waals surface area contributed by atoms with Crippen molar-refractivity contribution in [3.63, 3.8) is 0 Å². The van der Waals surface area contributed by atoms with E-state index in [2.05, 4.69) is 0 Å². The summed E-state index contributed by atoms with van der Waals surface area (Å²) in [5.74, 6) is 1.08. The average molecular weight is 230 g/mol. The van der Waals surface area contributed by atoms with Gasteiger partial charge in [-0.3, -0.25) is 0 Å². The number of aryl methyl sites for hydroxylation is 1. The lowest BCUT2D eigenvalue weighted by atomic mass is 10.0. The summed E-state index contributed by atoms with van der Waals surface area (Å²) in [6, 6.07) is 3.83. The van der Waals surface area contributed by atoms with E-state index in [9.17, 15) is 5.11 Å². The van der Waals surface area contributed by atoms with Gasteiger partial charge in [-0.25, -0.2) is 0 Å². The van der Waals surface area contributed by atoms with Gasteiger partial charge in [-0.1, -0.05) is 17.7 Å². The predicted molar refractivity (Wildman–Crippen MR) is 59.9 cm³/mol. The minimum absolute atomic E-state index is 0.238. The zero-order chi connectivity index (χ0) is 10.1. The highest BCUT2D eigenvalue weighted by Gasteiger charge is 2.17. The van der Waals surface area contributed by atoms with E-state index in [1.54, 1.807) is 11.8 Å². The van der Waals surface area contributed by atoms with Crippen molar-refractivity contribution in [1.29, 1.82) is 0 Å². The summed E-state index contributed by atoms with van der Waals surface area (Å²) < 4.78 is 0. The molecule has 3 N–H and O–H groups in total. The first-order valence-corrected chi connectivity index (χ1v) is 5.92. The smallest absolute Gasteiger partial charge is 0.0912 e. The second-order valence-corrected chi connectivity index (χ2v) is 4.85. The molecule has 0 radical (unpaired) electrons. The van der Waals surface area contributed by atoms with Gasteiger partial charge in [0.1, 0.15) is 0 Å². The van der Waals surface area contributed by atoms with Gasteiger partial charge in [0.25, 0.3) is 0 Å². The first-order valence-electron chi connectivity index (χ1n) is 4.55. The fourth-order valence-corrected chi connectivity index (χ4v) is 3.09. The number of rotatable bonds is 2. The fraction of sp³-hybridized carbons (Fsp3) is 0.400. The normalized spacial score (nSPS) is 16.8. The van der Waals surface area contributed by atoms with E-state index in [4.69, 9.17) is 17.3 Å². The number of nitrogens with two attached hydrogens (primary N) is 1. The molecule has 14 heavy (non-hydrogen) atoms. The Labute approximate surface area is 92.4 Å². The second-order valence-electron chi connectivity index (χ2n) is 3.34. The molecule has 1 aliphatic rings. The second kappa shape index (κ2) is 4.11. The average Bonchev–Trinajstić information content (AvgIpc) is 2.64. The number of aliphatic hydroxyl groups is 1. The van der Waals surface area contributed by atoms with Crippen molar-refractivity contribution in [2.75, 3.05) is 12.3 Å². The first-order chi connectivity index (χ1) is 6.72. The van der Waals surface area contributed by atoms with Crippen LogP contribution < -0.4 is 5.73 Å². The van der Waals surface area contributed by atoms with E-state index in [-0.39, 0.29) is 6.54 Å². The molecule has 0 spiro atoms. The number of aliphatic hydroxyl groups excluding tert-OH is 1. The molecule has 1 atom stereocenters. The van der Waals surface area contributed by atoms with Crippen molar-refractivity contribution in [1.82, 2.24) is 0 Å². The summed E-state index contributed by atoms with van der Waals surface area (Å²) in [6.07, 6.45) is 0.439. The molecule has 0 aliphatic carbocycles. The van der Waals surface area contributed by atoms with E-state index < -0.39 is 6.10 Å². The maximum Gasteiger partial charge on any atom is 0.0912 e. The number of hydrogen-bond acceptors (Lipinski definition) is 3. The molecule has 4 heteroatoms. The van der Waals surface area contributed by atoms with Gasteiger partial charge in [-0.2, -0.15) is 0 Å². The molecule has 0 amide bonds. The topological polar surface area (TPSA) is 46.2 Å². The third kappa shape index (κ3) is 1.77. The highest BCUT2D eigenvalue weighted by Crippen LogP contribution is 2.38. The third-order valence-corrected chi connectivity index (χ3v) is 3.96. The van der Waals surface area contributed by atoms with Crippen LogP contribution in [0.3, 0.4) is 0 Å². The van der Waals surface area contributed by atoms with Crippen LogP contribution in [0, 0.1) is 0 Å². The Morgan fingerprint density at radius 3 is 3.07 bits per heavy atom. The minimum atomic E-state index is -0.594. The molecule has 2 rings (SSSR count). The van der Waals surface area contributed by atoms with Crippen LogP contribution in [-0.4, -0.2) is 17.4 Å². The summed E-state index contributed by atoms with van der Waals surface area (Å²) in [7, 11) is 0. The third-order valence-electron chi connectivity index (χ3n) is 2.37. The minimum Gasteiger partial charge on any atom is -0.387 e. The SMILES string of the molecule is NCC(O)c1cc(Cl)c2c(c1)CCS2. The lowest BCUT2D eigenvalue weighted by Gasteiger charge is -2.11. The molecule has 1 aromatic carbocycles. The van der Waals surface area contributed by atoms with Gasteiger partial charge in [0.15, 0.2) is 0 Å². The van der Waals surface area contributed by atoms with E-state index in [1.165, 1.54) is 10.5 Å². The van der Waals surface area contributed by atoms with E-state index >= 15 is 0 Å². The number of halogens is 1. The Morgan fingerprint density at radius 1 is 1.57 bits per heavy atom. The summed E-state index contributed by atoms with van der Waals surface area (Å²) in [6.45, 7) is 0.238. The summed E-state index contributed by atoms with van der Waals surface area (Å²) in [5, 5.41) is 10.3. The molecule has 2 nitrogen and oxygen atoms in total. The molecule has 1 unspecified atom stereocenters. The van der Waals surface area contributed by atoms with Crippen molar-refractivity contribution in [3.05, 3.63) is 28.3 Å². The van der Waals surface area contributed by atoms with Gasteiger partial charge in [0.2, 0.25) is 0 Å². The predicted octanol–water partition coefficient (Wildman–Crippen LogP) is 1.98. The highest BCUT2D eigenvalue weighted by atomic mass is 35.5. The monoisotopic (exact) mass is 229 g/mol. The van der Waals surface area contributed by atoms with Crippen LogP contribution in [0.4, 0.5) is 0 Å². The number of thioether (sulfide) groups is 1. The standard InChI is InChI=1S/C10H12ClNOS/c11-8-4-7(9(13)5-12)3-6-1-2-14-10(6)8/h3-4,9,13H,1-2,5,12H2. The summed E-state index contributed by atoms with van der Waals surface area (Å²) >= 11 is 7.88. The number of benzene rings is 1. The van der Waals surface area contributed by atoms with Crippen molar-refractivity contribution in [2.24, 2.45) is 5.73 Å². The van der Waals surface area contributed by atoms with Gasteiger partial charge in [0.05, 0.1) is 11.1 Å². The van der Waals surface area contributed by atoms with Gasteiger partial charge in [-0.15, -0.1) is 11.8 Å². The van der Waals surface area contributed by atoms with Crippen LogP contribution in [0.2, 0.25) is 5.02 Å². The van der Waals surface area contributed by atoms with E-state index in [0.29, 0.717) is 0 Å². The molecule has 1 aliphatic heterocycles. The van der Waals surface area contributed by atoms with Gasteiger partial charge in [-0.05, 0) is 23.6 Å². The zero-order valence-electron chi connectivity index (χ0n) is 7.66. The Hall–Kier alpha value is -0.220. The molecular formula is C10H12ClNOS. The Kier molecular flexibility index (Phi) is 3.02. The Bertz CT molecular complexity index is 356. The molecule has 0 saturated carbocycles. The van der Waals surface area contributed by atoms with Crippen LogP contribution in [0.1, 0.15) is 17.2 Å². The summed E-state index contributed by atoms with van der Waals surface area (Å²) in [4.78, 5) is 1.17. The Morgan fingerprint density at radius 2 is 2.36 bits per heavy atom. The van der Waals surface area contributed by atoms with Crippen LogP contribution >= 0.6 is 23.4 Å². The number of hydrogen-bond donors (Lipinski definition) is 2. The molecule has 0 aromatic heterocycles. The molecule has 0 saturated heterocycles. The van der Waals surface area contributed by atoms with Crippen LogP contribution in [-0.2, 0) is 6.42 Å². The van der Waals surface area contributed by atoms with Gasteiger partial charge in [0, 0.05) is 17.2 Å². The lowest BCUT2D eigenvalue weighted by molar-refractivity contribution is 0.186. The van der Waals surface area contributed by atoms with Gasteiger partial charge < -0.3 is 10.8 Å². The molecule has 76 valence electrons. The number of fused-ring (bicyclic) bond motifs is 1. The largest absolute Gasteiger partial charge is 0.387 e. The van der Waals surface area contributed by atoms with E-state index in [0.717, 1.165) is 22.8 Å². The maximum atomic E-state index is 9.59. The maximum absolute atomic E-state index is 9.59. The Balaban J connectivity index is 2.41. The molecule has 0 fully saturated rings. The zero-order valence-corrected chi connectivity index (χ0v) is 9.24. The highest BCUT2D eigenvalue weighted by molar-refractivity contribution is 7.99. The molecule has 0 bridgehead atoms. The van der Waals surface area contributed by atoms with E-state index in [1.807, 2.05) is 12.1 Å². The van der Waals surface area contributed by atoms with Crippen molar-refractivity contribution >= 4 is 23.4 Å². The van der Waals surface area contributed by atoms with Crippen molar-refractivity contribution in [2.45, 2.75) is 17.4 Å². The molecular weight excluding hydrogens is 218 g/mol. The van der Waals surface area contributed by atoms with Crippen molar-refractivity contribution in [3.8, 4) is 0 Å². The lowest BCUT2D eigenvalue weighted by Crippen LogP contribution is -2.11.